The predicted octanol–water partition coefficient (Wildman–Crippen LogP) is 3.52. The van der Waals surface area contributed by atoms with E-state index in [1.807, 2.05) is 36.4 Å². The summed E-state index contributed by atoms with van der Waals surface area (Å²) in [7, 11) is 1.66. The highest BCUT2D eigenvalue weighted by molar-refractivity contribution is 9.10. The van der Waals surface area contributed by atoms with Gasteiger partial charge in [-0.3, -0.25) is 4.98 Å². The molecule has 0 aliphatic carbocycles. The van der Waals surface area contributed by atoms with Crippen LogP contribution in [0, 0.1) is 0 Å². The number of pyridine rings is 1. The number of hydrogen-bond donors (Lipinski definition) is 0. The summed E-state index contributed by atoms with van der Waals surface area (Å²) in [5.74, 6) is 0.840. The minimum absolute atomic E-state index is 0.840. The molecule has 0 radical (unpaired) electrons. The predicted molar refractivity (Wildman–Crippen MR) is 63.9 cm³/mol. The van der Waals surface area contributed by atoms with Gasteiger partial charge >= 0.3 is 0 Å². The van der Waals surface area contributed by atoms with Crippen molar-refractivity contribution in [3.05, 3.63) is 47.1 Å². The number of methoxy groups -OCH3 is 1. The SMILES string of the molecule is COc1ccccc1-c1ccc(Br)cn1. The lowest BCUT2D eigenvalue weighted by Gasteiger charge is -2.06. The van der Waals surface area contributed by atoms with E-state index < -0.39 is 0 Å². The minimum atomic E-state index is 0.840. The van der Waals surface area contributed by atoms with Crippen molar-refractivity contribution in [2.45, 2.75) is 0 Å². The molecule has 0 atom stereocenters. The number of ether oxygens (including phenoxy) is 1. The molecule has 0 bridgehead atoms. The Morgan fingerprint density at radius 2 is 1.93 bits per heavy atom. The molecular weight excluding hydrogens is 254 g/mol. The fourth-order valence-electron chi connectivity index (χ4n) is 1.39. The van der Waals surface area contributed by atoms with Crippen LogP contribution in [0.1, 0.15) is 0 Å². The molecule has 2 rings (SSSR count). The van der Waals surface area contributed by atoms with Crippen LogP contribution in [0.4, 0.5) is 0 Å². The number of nitrogens with zero attached hydrogens (tertiary/aromatic N) is 1. The molecule has 0 saturated heterocycles. The van der Waals surface area contributed by atoms with Gasteiger partial charge in [0.25, 0.3) is 0 Å². The first-order valence-electron chi connectivity index (χ1n) is 4.56. The molecule has 76 valence electrons. The van der Waals surface area contributed by atoms with Gasteiger partial charge in [-0.1, -0.05) is 12.1 Å². The monoisotopic (exact) mass is 263 g/mol. The highest BCUT2D eigenvalue weighted by atomic mass is 79.9. The Kier molecular flexibility index (Phi) is 3.02. The fraction of sp³-hybridized carbons (Fsp3) is 0.0833. The third kappa shape index (κ3) is 2.18. The van der Waals surface area contributed by atoms with Crippen LogP contribution in [0.3, 0.4) is 0 Å². The standard InChI is InChI=1S/C12H10BrNO/c1-15-12-5-3-2-4-10(12)11-7-6-9(13)8-14-11/h2-8H,1H3. The molecule has 1 aromatic carbocycles. The summed E-state index contributed by atoms with van der Waals surface area (Å²) >= 11 is 3.36. The molecule has 2 aromatic rings. The molecule has 0 amide bonds. The van der Waals surface area contributed by atoms with Crippen molar-refractivity contribution in [2.75, 3.05) is 7.11 Å². The zero-order valence-corrected chi connectivity index (χ0v) is 9.86. The van der Waals surface area contributed by atoms with Crippen LogP contribution >= 0.6 is 15.9 Å². The normalized spacial score (nSPS) is 10.0. The summed E-state index contributed by atoms with van der Waals surface area (Å²) in [6.07, 6.45) is 1.78. The number of halogens is 1. The number of benzene rings is 1. The van der Waals surface area contributed by atoms with E-state index in [0.717, 1.165) is 21.5 Å². The molecule has 0 N–H and O–H groups in total. The molecule has 3 heteroatoms. The molecule has 2 nitrogen and oxygen atoms in total. The largest absolute Gasteiger partial charge is 0.496 e. The highest BCUT2D eigenvalue weighted by Gasteiger charge is 2.04. The van der Waals surface area contributed by atoms with Gasteiger partial charge < -0.3 is 4.74 Å². The first kappa shape index (κ1) is 10.2. The van der Waals surface area contributed by atoms with Crippen LogP contribution in [-0.2, 0) is 0 Å². The van der Waals surface area contributed by atoms with Gasteiger partial charge in [-0.25, -0.2) is 0 Å². The maximum atomic E-state index is 5.28. The molecule has 15 heavy (non-hydrogen) atoms. The maximum absolute atomic E-state index is 5.28. The maximum Gasteiger partial charge on any atom is 0.128 e. The molecule has 0 aliphatic heterocycles. The van der Waals surface area contributed by atoms with E-state index in [4.69, 9.17) is 4.74 Å². The fourth-order valence-corrected chi connectivity index (χ4v) is 1.63. The highest BCUT2D eigenvalue weighted by Crippen LogP contribution is 2.28. The van der Waals surface area contributed by atoms with Gasteiger partial charge in [0.2, 0.25) is 0 Å². The van der Waals surface area contributed by atoms with Gasteiger partial charge in [-0.2, -0.15) is 0 Å². The van der Waals surface area contributed by atoms with Gasteiger partial charge in [0.15, 0.2) is 0 Å². The summed E-state index contributed by atoms with van der Waals surface area (Å²) in [4.78, 5) is 4.33. The zero-order valence-electron chi connectivity index (χ0n) is 8.27. The second-order valence-corrected chi connectivity index (χ2v) is 3.98. The Labute approximate surface area is 97.1 Å². The molecule has 0 spiro atoms. The average Bonchev–Trinajstić information content (AvgIpc) is 2.30. The van der Waals surface area contributed by atoms with Crippen LogP contribution in [0.5, 0.6) is 5.75 Å². The van der Waals surface area contributed by atoms with Crippen molar-refractivity contribution in [1.29, 1.82) is 0 Å². The van der Waals surface area contributed by atoms with Crippen LogP contribution in [0.2, 0.25) is 0 Å². The quantitative estimate of drug-likeness (QED) is 0.827. The summed E-state index contributed by atoms with van der Waals surface area (Å²) < 4.78 is 6.25. The zero-order chi connectivity index (χ0) is 10.7. The second-order valence-electron chi connectivity index (χ2n) is 3.06. The molecule has 1 heterocycles. The van der Waals surface area contributed by atoms with E-state index in [9.17, 15) is 0 Å². The first-order valence-corrected chi connectivity index (χ1v) is 5.35. The van der Waals surface area contributed by atoms with Crippen LogP contribution < -0.4 is 4.74 Å². The molecule has 0 saturated carbocycles. The van der Waals surface area contributed by atoms with Crippen molar-refractivity contribution in [1.82, 2.24) is 4.98 Å². The van der Waals surface area contributed by atoms with Crippen LogP contribution in [-0.4, -0.2) is 12.1 Å². The molecular formula is C12H10BrNO. The number of hydrogen-bond acceptors (Lipinski definition) is 2. The van der Waals surface area contributed by atoms with Gasteiger partial charge in [0.1, 0.15) is 5.75 Å². The average molecular weight is 264 g/mol. The van der Waals surface area contributed by atoms with Crippen LogP contribution in [0.15, 0.2) is 47.1 Å². The van der Waals surface area contributed by atoms with Crippen molar-refractivity contribution in [2.24, 2.45) is 0 Å². The van der Waals surface area contributed by atoms with E-state index in [1.165, 1.54) is 0 Å². The van der Waals surface area contributed by atoms with Crippen LogP contribution in [0.25, 0.3) is 11.3 Å². The molecule has 1 aromatic heterocycles. The lowest BCUT2D eigenvalue weighted by Crippen LogP contribution is -1.89. The summed E-state index contributed by atoms with van der Waals surface area (Å²) in [5.41, 5.74) is 1.92. The molecule has 0 aliphatic rings. The van der Waals surface area contributed by atoms with Crippen molar-refractivity contribution in [3.63, 3.8) is 0 Å². The number of para-hydroxylation sites is 1. The lowest BCUT2D eigenvalue weighted by molar-refractivity contribution is 0.416. The smallest absolute Gasteiger partial charge is 0.128 e. The van der Waals surface area contributed by atoms with Gasteiger partial charge in [-0.05, 0) is 40.2 Å². The summed E-state index contributed by atoms with van der Waals surface area (Å²) in [6, 6.07) is 11.8. The number of rotatable bonds is 2. The van der Waals surface area contributed by atoms with E-state index >= 15 is 0 Å². The summed E-state index contributed by atoms with van der Waals surface area (Å²) in [6.45, 7) is 0. The Morgan fingerprint density at radius 1 is 1.13 bits per heavy atom. The Balaban J connectivity index is 2.49. The van der Waals surface area contributed by atoms with E-state index in [-0.39, 0.29) is 0 Å². The molecule has 0 fully saturated rings. The van der Waals surface area contributed by atoms with E-state index in [2.05, 4.69) is 20.9 Å². The van der Waals surface area contributed by atoms with E-state index in [0.29, 0.717) is 0 Å². The van der Waals surface area contributed by atoms with Crippen molar-refractivity contribution >= 4 is 15.9 Å². The first-order chi connectivity index (χ1) is 7.31. The lowest BCUT2D eigenvalue weighted by atomic mass is 10.1. The Bertz CT molecular complexity index is 453. The topological polar surface area (TPSA) is 22.1 Å². The van der Waals surface area contributed by atoms with Gasteiger partial charge in [-0.15, -0.1) is 0 Å². The van der Waals surface area contributed by atoms with Gasteiger partial charge in [0.05, 0.1) is 12.8 Å². The van der Waals surface area contributed by atoms with Crippen molar-refractivity contribution in [3.8, 4) is 17.0 Å². The Hall–Kier alpha value is -1.35. The molecule has 0 unspecified atom stereocenters. The summed E-state index contributed by atoms with van der Waals surface area (Å²) in [5, 5.41) is 0. The minimum Gasteiger partial charge on any atom is -0.496 e. The van der Waals surface area contributed by atoms with Gasteiger partial charge in [0, 0.05) is 16.2 Å². The number of aromatic nitrogens is 1. The Morgan fingerprint density at radius 3 is 2.60 bits per heavy atom. The van der Waals surface area contributed by atoms with Crippen molar-refractivity contribution < 1.29 is 4.74 Å². The van der Waals surface area contributed by atoms with E-state index in [1.54, 1.807) is 13.3 Å². The third-order valence-electron chi connectivity index (χ3n) is 2.11. The third-order valence-corrected chi connectivity index (χ3v) is 2.58. The second kappa shape index (κ2) is 4.45.